The number of benzene rings is 2. The van der Waals surface area contributed by atoms with Crippen LogP contribution in [0, 0.1) is 0 Å². The van der Waals surface area contributed by atoms with Crippen molar-refractivity contribution in [2.45, 2.75) is 0 Å². The standard InChI is InChI=1S/C20H24O6/c21-7-10-24-18-5-3-16(4-6-18)1-2-17-13-19(25-11-8-22)15-20(14-17)26-12-9-23/h1-6,13-15,21-23H,7-12H2/b2-1+. The lowest BCUT2D eigenvalue weighted by Crippen LogP contribution is -2.04. The average molecular weight is 360 g/mol. The van der Waals surface area contributed by atoms with Crippen LogP contribution in [0.3, 0.4) is 0 Å². The lowest BCUT2D eigenvalue weighted by atomic mass is 10.1. The van der Waals surface area contributed by atoms with E-state index in [1.807, 2.05) is 48.6 Å². The molecule has 0 saturated carbocycles. The first kappa shape index (κ1) is 19.8. The van der Waals surface area contributed by atoms with Crippen LogP contribution < -0.4 is 14.2 Å². The number of hydrogen-bond acceptors (Lipinski definition) is 6. The molecule has 0 aromatic heterocycles. The highest BCUT2D eigenvalue weighted by Crippen LogP contribution is 2.25. The Morgan fingerprint density at radius 1 is 0.577 bits per heavy atom. The van der Waals surface area contributed by atoms with Crippen LogP contribution >= 0.6 is 0 Å². The minimum Gasteiger partial charge on any atom is -0.491 e. The van der Waals surface area contributed by atoms with Gasteiger partial charge in [-0.15, -0.1) is 0 Å². The molecule has 2 rings (SSSR count). The summed E-state index contributed by atoms with van der Waals surface area (Å²) in [6, 6.07) is 12.9. The Labute approximate surface area is 152 Å². The predicted octanol–water partition coefficient (Wildman–Crippen LogP) is 1.97. The quantitative estimate of drug-likeness (QED) is 0.531. The van der Waals surface area contributed by atoms with Crippen LogP contribution in [-0.2, 0) is 0 Å². The van der Waals surface area contributed by atoms with Gasteiger partial charge in [-0.25, -0.2) is 0 Å². The molecule has 2 aromatic rings. The number of hydrogen-bond donors (Lipinski definition) is 3. The van der Waals surface area contributed by atoms with Gasteiger partial charge in [0.05, 0.1) is 19.8 Å². The minimum atomic E-state index is -0.0718. The van der Waals surface area contributed by atoms with Gasteiger partial charge in [0.25, 0.3) is 0 Å². The highest BCUT2D eigenvalue weighted by molar-refractivity contribution is 5.71. The van der Waals surface area contributed by atoms with Crippen molar-refractivity contribution < 1.29 is 29.5 Å². The molecule has 0 heterocycles. The lowest BCUT2D eigenvalue weighted by molar-refractivity contribution is 0.194. The molecule has 0 fully saturated rings. The molecule has 6 heteroatoms. The van der Waals surface area contributed by atoms with Crippen molar-refractivity contribution in [2.75, 3.05) is 39.6 Å². The van der Waals surface area contributed by atoms with Crippen LogP contribution in [0.25, 0.3) is 12.2 Å². The maximum atomic E-state index is 8.91. The first-order valence-corrected chi connectivity index (χ1v) is 8.39. The van der Waals surface area contributed by atoms with E-state index in [4.69, 9.17) is 29.5 Å². The van der Waals surface area contributed by atoms with E-state index < -0.39 is 0 Å². The van der Waals surface area contributed by atoms with Crippen molar-refractivity contribution in [3.8, 4) is 17.2 Å². The fourth-order valence-corrected chi connectivity index (χ4v) is 2.21. The van der Waals surface area contributed by atoms with Crippen LogP contribution in [0.5, 0.6) is 17.2 Å². The van der Waals surface area contributed by atoms with E-state index in [-0.39, 0.29) is 39.6 Å². The molecule has 0 saturated heterocycles. The second-order valence-corrected chi connectivity index (χ2v) is 5.36. The Morgan fingerprint density at radius 2 is 1.04 bits per heavy atom. The molecule has 0 bridgehead atoms. The van der Waals surface area contributed by atoms with E-state index in [0.29, 0.717) is 17.2 Å². The van der Waals surface area contributed by atoms with Crippen molar-refractivity contribution in [2.24, 2.45) is 0 Å². The molecule has 0 unspecified atom stereocenters. The van der Waals surface area contributed by atoms with Crippen molar-refractivity contribution in [3.05, 3.63) is 53.6 Å². The summed E-state index contributed by atoms with van der Waals surface area (Å²) in [7, 11) is 0. The van der Waals surface area contributed by atoms with Gasteiger partial charge in [-0.2, -0.15) is 0 Å². The first-order chi connectivity index (χ1) is 12.7. The molecule has 6 nitrogen and oxygen atoms in total. The van der Waals surface area contributed by atoms with Crippen molar-refractivity contribution in [3.63, 3.8) is 0 Å². The first-order valence-electron chi connectivity index (χ1n) is 8.39. The zero-order chi connectivity index (χ0) is 18.6. The molecule has 26 heavy (non-hydrogen) atoms. The molecule has 0 aliphatic heterocycles. The van der Waals surface area contributed by atoms with E-state index in [1.165, 1.54) is 0 Å². The molecule has 3 N–H and O–H groups in total. The zero-order valence-corrected chi connectivity index (χ0v) is 14.5. The highest BCUT2D eigenvalue weighted by Gasteiger charge is 2.02. The van der Waals surface area contributed by atoms with Gasteiger partial charge in [-0.3, -0.25) is 0 Å². The fraction of sp³-hybridized carbons (Fsp3) is 0.300. The third-order valence-corrected chi connectivity index (χ3v) is 3.33. The third-order valence-electron chi connectivity index (χ3n) is 3.33. The SMILES string of the molecule is OCCOc1ccc(/C=C/c2cc(OCCO)cc(OCCO)c2)cc1. The fourth-order valence-electron chi connectivity index (χ4n) is 2.21. The van der Waals surface area contributed by atoms with Crippen LogP contribution in [0.4, 0.5) is 0 Å². The summed E-state index contributed by atoms with van der Waals surface area (Å²) in [5.74, 6) is 1.87. The molecular formula is C20H24O6. The van der Waals surface area contributed by atoms with Gasteiger partial charge in [0.15, 0.2) is 0 Å². The van der Waals surface area contributed by atoms with Crippen LogP contribution in [0.15, 0.2) is 42.5 Å². The molecule has 0 spiro atoms. The van der Waals surface area contributed by atoms with Gasteiger partial charge < -0.3 is 29.5 Å². The molecular weight excluding hydrogens is 336 g/mol. The van der Waals surface area contributed by atoms with Crippen molar-refractivity contribution >= 4 is 12.2 Å². The Morgan fingerprint density at radius 3 is 1.54 bits per heavy atom. The summed E-state index contributed by atoms with van der Waals surface area (Å²) in [5, 5.41) is 26.6. The average Bonchev–Trinajstić information content (AvgIpc) is 2.68. The monoisotopic (exact) mass is 360 g/mol. The smallest absolute Gasteiger partial charge is 0.123 e. The Bertz CT molecular complexity index is 655. The van der Waals surface area contributed by atoms with Crippen molar-refractivity contribution in [1.29, 1.82) is 0 Å². The molecule has 0 aliphatic carbocycles. The Balaban J connectivity index is 2.11. The Hall–Kier alpha value is -2.54. The summed E-state index contributed by atoms with van der Waals surface area (Å²) in [5.41, 5.74) is 1.86. The maximum Gasteiger partial charge on any atom is 0.123 e. The lowest BCUT2D eigenvalue weighted by Gasteiger charge is -2.10. The van der Waals surface area contributed by atoms with E-state index in [0.717, 1.165) is 11.1 Å². The summed E-state index contributed by atoms with van der Waals surface area (Å²) in [6.07, 6.45) is 3.86. The van der Waals surface area contributed by atoms with E-state index in [1.54, 1.807) is 6.07 Å². The van der Waals surface area contributed by atoms with Gasteiger partial charge in [-0.05, 0) is 35.4 Å². The zero-order valence-electron chi connectivity index (χ0n) is 14.5. The number of ether oxygens (including phenoxy) is 3. The van der Waals surface area contributed by atoms with E-state index in [9.17, 15) is 0 Å². The molecule has 0 radical (unpaired) electrons. The predicted molar refractivity (Wildman–Crippen MR) is 99.6 cm³/mol. The number of aliphatic hydroxyl groups excluding tert-OH is 3. The van der Waals surface area contributed by atoms with Crippen LogP contribution in [-0.4, -0.2) is 55.0 Å². The highest BCUT2D eigenvalue weighted by atomic mass is 16.5. The van der Waals surface area contributed by atoms with E-state index >= 15 is 0 Å². The minimum absolute atomic E-state index is 0.0168. The van der Waals surface area contributed by atoms with Gasteiger partial charge in [0.2, 0.25) is 0 Å². The molecule has 0 amide bonds. The summed E-state index contributed by atoms with van der Waals surface area (Å²) in [6.45, 7) is 0.502. The van der Waals surface area contributed by atoms with Crippen molar-refractivity contribution in [1.82, 2.24) is 0 Å². The van der Waals surface area contributed by atoms with Gasteiger partial charge in [0, 0.05) is 6.07 Å². The van der Waals surface area contributed by atoms with Crippen LogP contribution in [0.2, 0.25) is 0 Å². The molecule has 140 valence electrons. The third kappa shape index (κ3) is 6.76. The number of aliphatic hydroxyl groups is 3. The van der Waals surface area contributed by atoms with Gasteiger partial charge in [-0.1, -0.05) is 24.3 Å². The Kier molecular flexibility index (Phi) is 8.48. The van der Waals surface area contributed by atoms with Gasteiger partial charge in [0.1, 0.15) is 37.1 Å². The topological polar surface area (TPSA) is 88.4 Å². The molecule has 2 aromatic carbocycles. The maximum absolute atomic E-state index is 8.91. The summed E-state index contributed by atoms with van der Waals surface area (Å²) in [4.78, 5) is 0. The van der Waals surface area contributed by atoms with E-state index in [2.05, 4.69) is 0 Å². The largest absolute Gasteiger partial charge is 0.491 e. The van der Waals surface area contributed by atoms with Gasteiger partial charge >= 0.3 is 0 Å². The molecule has 0 atom stereocenters. The molecule has 0 aliphatic rings. The second kappa shape index (κ2) is 11.1. The second-order valence-electron chi connectivity index (χ2n) is 5.36. The summed E-state index contributed by atoms with van der Waals surface area (Å²) < 4.78 is 16.2. The normalized spacial score (nSPS) is 10.9. The van der Waals surface area contributed by atoms with Crippen LogP contribution in [0.1, 0.15) is 11.1 Å². The number of rotatable bonds is 11. The summed E-state index contributed by atoms with van der Waals surface area (Å²) >= 11 is 0.